The van der Waals surface area contributed by atoms with Crippen molar-refractivity contribution in [2.75, 3.05) is 13.1 Å². The number of thiophene rings is 1. The molecular weight excluding hydrogens is 268 g/mol. The van der Waals surface area contributed by atoms with Crippen LogP contribution in [0.3, 0.4) is 0 Å². The van der Waals surface area contributed by atoms with Crippen LogP contribution in [-0.2, 0) is 0 Å². The van der Waals surface area contributed by atoms with Crippen molar-refractivity contribution in [1.29, 1.82) is 0 Å². The van der Waals surface area contributed by atoms with Crippen LogP contribution in [0.5, 0.6) is 0 Å². The molecule has 1 aliphatic rings. The first kappa shape index (κ1) is 13.6. The van der Waals surface area contributed by atoms with E-state index in [1.165, 1.54) is 15.6 Å². The minimum atomic E-state index is 0.0723. The number of benzene rings is 1. The van der Waals surface area contributed by atoms with Crippen molar-refractivity contribution >= 4 is 27.3 Å². The lowest BCUT2D eigenvalue weighted by molar-refractivity contribution is 0.0946. The minimum absolute atomic E-state index is 0.0723. The zero-order valence-electron chi connectivity index (χ0n) is 11.9. The number of amides is 1. The van der Waals surface area contributed by atoms with E-state index in [1.54, 1.807) is 11.3 Å². The zero-order valence-corrected chi connectivity index (χ0v) is 12.7. The largest absolute Gasteiger partial charge is 0.349 e. The average Bonchev–Trinajstić information content (AvgIpc) is 3.04. The number of nitrogens with one attached hydrogen (secondary N) is 2. The average molecular weight is 288 g/mol. The Balaban J connectivity index is 2.09. The molecule has 1 atom stereocenters. The van der Waals surface area contributed by atoms with Gasteiger partial charge in [0.1, 0.15) is 0 Å². The minimum Gasteiger partial charge on any atom is -0.349 e. The van der Waals surface area contributed by atoms with Gasteiger partial charge >= 0.3 is 0 Å². The SMILES string of the molecule is CC(C)NC(=O)c1sc2ccccc2c1C1CCNC1. The molecule has 2 heterocycles. The van der Waals surface area contributed by atoms with Gasteiger partial charge in [0.15, 0.2) is 0 Å². The second-order valence-electron chi connectivity index (χ2n) is 5.66. The zero-order chi connectivity index (χ0) is 14.1. The van der Waals surface area contributed by atoms with Crippen LogP contribution in [0.2, 0.25) is 0 Å². The molecule has 20 heavy (non-hydrogen) atoms. The fourth-order valence-electron chi connectivity index (χ4n) is 2.87. The molecule has 1 aromatic carbocycles. The molecule has 1 saturated heterocycles. The predicted octanol–water partition coefficient (Wildman–Crippen LogP) is 3.12. The summed E-state index contributed by atoms with van der Waals surface area (Å²) in [6.45, 7) is 6.02. The summed E-state index contributed by atoms with van der Waals surface area (Å²) in [5, 5.41) is 7.69. The molecule has 0 spiro atoms. The van der Waals surface area contributed by atoms with E-state index in [4.69, 9.17) is 0 Å². The highest BCUT2D eigenvalue weighted by Crippen LogP contribution is 2.38. The van der Waals surface area contributed by atoms with Crippen LogP contribution in [0.4, 0.5) is 0 Å². The molecule has 2 N–H and O–H groups in total. The Hall–Kier alpha value is -1.39. The summed E-state index contributed by atoms with van der Waals surface area (Å²) < 4.78 is 1.21. The van der Waals surface area contributed by atoms with Crippen LogP contribution >= 0.6 is 11.3 Å². The molecule has 4 heteroatoms. The Morgan fingerprint density at radius 3 is 2.90 bits per heavy atom. The molecule has 1 unspecified atom stereocenters. The van der Waals surface area contributed by atoms with Gasteiger partial charge in [-0.2, -0.15) is 0 Å². The van der Waals surface area contributed by atoms with Gasteiger partial charge in [-0.25, -0.2) is 0 Å². The highest BCUT2D eigenvalue weighted by Gasteiger charge is 2.27. The molecule has 0 aliphatic carbocycles. The third-order valence-corrected chi connectivity index (χ3v) is 4.91. The van der Waals surface area contributed by atoms with Crippen LogP contribution in [0.1, 0.15) is 41.4 Å². The van der Waals surface area contributed by atoms with E-state index < -0.39 is 0 Å². The summed E-state index contributed by atoms with van der Waals surface area (Å²) in [5.41, 5.74) is 1.24. The van der Waals surface area contributed by atoms with Gasteiger partial charge in [0.05, 0.1) is 4.88 Å². The van der Waals surface area contributed by atoms with Crippen LogP contribution in [0.15, 0.2) is 24.3 Å². The van der Waals surface area contributed by atoms with Gasteiger partial charge in [0.2, 0.25) is 0 Å². The van der Waals surface area contributed by atoms with E-state index in [9.17, 15) is 4.79 Å². The standard InChI is InChI=1S/C16H20N2OS/c1-10(2)18-16(19)15-14(11-7-8-17-9-11)12-5-3-4-6-13(12)20-15/h3-6,10-11,17H,7-9H2,1-2H3,(H,18,19). The lowest BCUT2D eigenvalue weighted by Crippen LogP contribution is -2.30. The molecule has 106 valence electrons. The van der Waals surface area contributed by atoms with E-state index in [-0.39, 0.29) is 11.9 Å². The van der Waals surface area contributed by atoms with Crippen molar-refractivity contribution in [3.05, 3.63) is 34.7 Å². The van der Waals surface area contributed by atoms with Gasteiger partial charge in [0.25, 0.3) is 5.91 Å². The highest BCUT2D eigenvalue weighted by molar-refractivity contribution is 7.21. The molecule has 1 fully saturated rings. The van der Waals surface area contributed by atoms with Gasteiger partial charge in [-0.1, -0.05) is 18.2 Å². The maximum atomic E-state index is 12.5. The molecule has 1 aliphatic heterocycles. The topological polar surface area (TPSA) is 41.1 Å². The first-order valence-corrected chi connectivity index (χ1v) is 8.01. The molecule has 2 aromatic rings. The smallest absolute Gasteiger partial charge is 0.261 e. The van der Waals surface area contributed by atoms with Crippen molar-refractivity contribution in [2.45, 2.75) is 32.2 Å². The van der Waals surface area contributed by atoms with E-state index in [0.29, 0.717) is 5.92 Å². The molecule has 0 radical (unpaired) electrons. The van der Waals surface area contributed by atoms with Crippen molar-refractivity contribution in [2.24, 2.45) is 0 Å². The summed E-state index contributed by atoms with van der Waals surface area (Å²) in [6, 6.07) is 8.52. The van der Waals surface area contributed by atoms with Crippen molar-refractivity contribution in [3.63, 3.8) is 0 Å². The van der Waals surface area contributed by atoms with Crippen molar-refractivity contribution in [3.8, 4) is 0 Å². The molecule has 3 nitrogen and oxygen atoms in total. The number of carbonyl (C=O) groups is 1. The Kier molecular flexibility index (Phi) is 3.76. The van der Waals surface area contributed by atoms with Crippen molar-refractivity contribution < 1.29 is 4.79 Å². The van der Waals surface area contributed by atoms with Crippen LogP contribution in [0, 0.1) is 0 Å². The summed E-state index contributed by atoms with van der Waals surface area (Å²) in [7, 11) is 0. The highest BCUT2D eigenvalue weighted by atomic mass is 32.1. The third kappa shape index (κ3) is 2.45. The number of hydrogen-bond acceptors (Lipinski definition) is 3. The maximum Gasteiger partial charge on any atom is 0.261 e. The van der Waals surface area contributed by atoms with Gasteiger partial charge in [-0.05, 0) is 49.7 Å². The Morgan fingerprint density at radius 2 is 2.20 bits per heavy atom. The van der Waals surface area contributed by atoms with Crippen LogP contribution in [-0.4, -0.2) is 25.0 Å². The lowest BCUT2D eigenvalue weighted by atomic mass is 9.95. The monoisotopic (exact) mass is 288 g/mol. The number of hydrogen-bond donors (Lipinski definition) is 2. The first-order valence-electron chi connectivity index (χ1n) is 7.20. The van der Waals surface area contributed by atoms with Crippen LogP contribution in [0.25, 0.3) is 10.1 Å². The molecule has 1 aromatic heterocycles. The summed E-state index contributed by atoms with van der Waals surface area (Å²) in [6.07, 6.45) is 1.11. The van der Waals surface area contributed by atoms with Crippen LogP contribution < -0.4 is 10.6 Å². The fourth-order valence-corrected chi connectivity index (χ4v) is 4.06. The third-order valence-electron chi connectivity index (χ3n) is 3.73. The fraction of sp³-hybridized carbons (Fsp3) is 0.438. The van der Waals surface area contributed by atoms with E-state index in [0.717, 1.165) is 24.4 Å². The molecule has 0 saturated carbocycles. The van der Waals surface area contributed by atoms with Gasteiger partial charge in [0, 0.05) is 17.3 Å². The normalized spacial score (nSPS) is 18.9. The lowest BCUT2D eigenvalue weighted by Gasteiger charge is -2.13. The van der Waals surface area contributed by atoms with Gasteiger partial charge in [-0.3, -0.25) is 4.79 Å². The molecular formula is C16H20N2OS. The van der Waals surface area contributed by atoms with E-state index in [1.807, 2.05) is 19.9 Å². The van der Waals surface area contributed by atoms with Crippen molar-refractivity contribution in [1.82, 2.24) is 10.6 Å². The summed E-state index contributed by atoms with van der Waals surface area (Å²) in [5.74, 6) is 0.530. The first-order chi connectivity index (χ1) is 9.66. The Bertz CT molecular complexity index is 626. The Labute approximate surface area is 123 Å². The molecule has 0 bridgehead atoms. The quantitative estimate of drug-likeness (QED) is 0.911. The second kappa shape index (κ2) is 5.54. The molecule has 3 rings (SSSR count). The van der Waals surface area contributed by atoms with Gasteiger partial charge in [-0.15, -0.1) is 11.3 Å². The molecule has 1 amide bonds. The number of fused-ring (bicyclic) bond motifs is 1. The number of carbonyl (C=O) groups excluding carboxylic acids is 1. The summed E-state index contributed by atoms with van der Waals surface area (Å²) >= 11 is 1.62. The number of rotatable bonds is 3. The summed E-state index contributed by atoms with van der Waals surface area (Å²) in [4.78, 5) is 13.4. The van der Waals surface area contributed by atoms with Gasteiger partial charge < -0.3 is 10.6 Å². The second-order valence-corrected chi connectivity index (χ2v) is 6.71. The Morgan fingerprint density at radius 1 is 1.40 bits per heavy atom. The van der Waals surface area contributed by atoms with E-state index in [2.05, 4.69) is 28.8 Å². The maximum absolute atomic E-state index is 12.5. The van der Waals surface area contributed by atoms with E-state index >= 15 is 0 Å². The predicted molar refractivity (Wildman–Crippen MR) is 84.7 cm³/mol.